The number of nitrogens with two attached hydrogens (primary N) is 1. The van der Waals surface area contributed by atoms with Crippen LogP contribution in [0.2, 0.25) is 0 Å². The molecule has 1 amide bonds. The van der Waals surface area contributed by atoms with Gasteiger partial charge in [-0.3, -0.25) is 19.1 Å². The number of hydrogen-bond acceptors (Lipinski definition) is 6. The molecule has 2 N–H and O–H groups in total. The summed E-state index contributed by atoms with van der Waals surface area (Å²) < 4.78 is 13.1. The van der Waals surface area contributed by atoms with E-state index in [-0.39, 0.29) is 11.5 Å². The monoisotopic (exact) mass is 463 g/mol. The van der Waals surface area contributed by atoms with E-state index in [1.165, 1.54) is 7.11 Å². The number of methoxy groups -OCH3 is 1. The van der Waals surface area contributed by atoms with Crippen molar-refractivity contribution in [3.8, 4) is 17.2 Å². The predicted octanol–water partition coefficient (Wildman–Crippen LogP) is 5.26. The van der Waals surface area contributed by atoms with Crippen molar-refractivity contribution >= 4 is 45.4 Å². The zero-order valence-electron chi connectivity index (χ0n) is 18.5. The van der Waals surface area contributed by atoms with Crippen molar-refractivity contribution < 1.29 is 19.1 Å². The van der Waals surface area contributed by atoms with Gasteiger partial charge in [0, 0.05) is 35.7 Å². The summed E-state index contributed by atoms with van der Waals surface area (Å²) in [7, 11) is 1.48. The number of hydrogen-bond donors (Lipinski definition) is 1. The van der Waals surface area contributed by atoms with E-state index in [4.69, 9.17) is 15.2 Å². The average Bonchev–Trinajstić information content (AvgIpc) is 3.24. The number of unbranched alkanes of at least 4 members (excludes halogenated alkanes) is 1. The summed E-state index contributed by atoms with van der Waals surface area (Å²) in [6.45, 7) is 0. The molecule has 2 heterocycles. The lowest BCUT2D eigenvalue weighted by atomic mass is 10.1. The van der Waals surface area contributed by atoms with Crippen LogP contribution in [0.5, 0.6) is 17.2 Å². The Hall–Kier alpha value is -3.52. The number of amides is 1. The van der Waals surface area contributed by atoms with E-state index >= 15 is 0 Å². The van der Waals surface area contributed by atoms with E-state index in [1.54, 1.807) is 46.9 Å². The summed E-state index contributed by atoms with van der Waals surface area (Å²) in [5.41, 5.74) is 7.23. The van der Waals surface area contributed by atoms with Crippen LogP contribution in [-0.4, -0.2) is 40.5 Å². The average molecular weight is 464 g/mol. The molecule has 0 saturated carbocycles. The number of benzene rings is 2. The number of fused-ring (bicyclic) bond motifs is 2. The van der Waals surface area contributed by atoms with Crippen LogP contribution < -0.4 is 15.2 Å². The third-order valence-electron chi connectivity index (χ3n) is 5.44. The molecule has 0 aliphatic carbocycles. The molecule has 0 fully saturated rings. The van der Waals surface area contributed by atoms with Gasteiger partial charge < -0.3 is 15.2 Å². The van der Waals surface area contributed by atoms with Crippen molar-refractivity contribution in [3.05, 3.63) is 60.4 Å². The molecule has 2 aromatic heterocycles. The maximum Gasteiger partial charge on any atom is 0.252 e. The molecule has 0 bridgehead atoms. The van der Waals surface area contributed by atoms with Gasteiger partial charge in [-0.1, -0.05) is 0 Å². The van der Waals surface area contributed by atoms with E-state index in [9.17, 15) is 9.59 Å². The SMILES string of the molecule is COc1cc2nccc(Oc3ccc4c(ccn4C(=O)CCCCSC)c3)c2cc1C(N)=O. The van der Waals surface area contributed by atoms with E-state index < -0.39 is 5.91 Å². The van der Waals surface area contributed by atoms with Gasteiger partial charge in [0.1, 0.15) is 17.2 Å². The summed E-state index contributed by atoms with van der Waals surface area (Å²) in [4.78, 5) is 28.8. The van der Waals surface area contributed by atoms with E-state index in [2.05, 4.69) is 11.2 Å². The second-order valence-corrected chi connectivity index (χ2v) is 8.58. The maximum absolute atomic E-state index is 12.6. The highest BCUT2D eigenvalue weighted by atomic mass is 32.2. The minimum Gasteiger partial charge on any atom is -0.496 e. The minimum absolute atomic E-state index is 0.0906. The number of thioether (sulfide) groups is 1. The molecule has 0 aliphatic rings. The fourth-order valence-corrected chi connectivity index (χ4v) is 4.26. The van der Waals surface area contributed by atoms with E-state index in [0.717, 1.165) is 29.5 Å². The molecule has 7 nitrogen and oxygen atoms in total. The summed E-state index contributed by atoms with van der Waals surface area (Å²) in [5, 5.41) is 1.55. The quantitative estimate of drug-likeness (QED) is 0.340. The van der Waals surface area contributed by atoms with Crippen LogP contribution in [0.4, 0.5) is 0 Å². The van der Waals surface area contributed by atoms with Crippen LogP contribution in [0.1, 0.15) is 34.4 Å². The molecule has 4 aromatic rings. The van der Waals surface area contributed by atoms with Crippen molar-refractivity contribution in [1.29, 1.82) is 0 Å². The summed E-state index contributed by atoms with van der Waals surface area (Å²) >= 11 is 1.80. The normalized spacial score (nSPS) is 11.1. The standard InChI is InChI=1S/C25H25N3O4S/c1-31-23-15-20-18(14-19(23)25(26)30)22(8-10-27-20)32-17-6-7-21-16(13-17)9-11-28(21)24(29)5-3-4-12-33-2/h6-11,13-15H,3-5,12H2,1-2H3,(H2,26,30). The first-order chi connectivity index (χ1) is 16.0. The number of primary amides is 1. The van der Waals surface area contributed by atoms with Crippen molar-refractivity contribution in [2.75, 3.05) is 19.1 Å². The van der Waals surface area contributed by atoms with Crippen LogP contribution >= 0.6 is 11.8 Å². The van der Waals surface area contributed by atoms with Crippen LogP contribution in [-0.2, 0) is 0 Å². The number of carbonyl (C=O) groups is 2. The lowest BCUT2D eigenvalue weighted by molar-refractivity contribution is 0.0904. The molecule has 0 saturated heterocycles. The predicted molar refractivity (Wildman–Crippen MR) is 132 cm³/mol. The topological polar surface area (TPSA) is 96.4 Å². The van der Waals surface area contributed by atoms with Gasteiger partial charge in [-0.05, 0) is 61.2 Å². The lowest BCUT2D eigenvalue weighted by Crippen LogP contribution is -2.12. The Morgan fingerprint density at radius 3 is 2.70 bits per heavy atom. The van der Waals surface area contributed by atoms with Gasteiger partial charge in [-0.2, -0.15) is 11.8 Å². The fraction of sp³-hybridized carbons (Fsp3) is 0.240. The summed E-state index contributed by atoms with van der Waals surface area (Å²) in [6, 6.07) is 12.5. The molecule has 170 valence electrons. The number of rotatable bonds is 9. The lowest BCUT2D eigenvalue weighted by Gasteiger charge is -2.12. The Morgan fingerprint density at radius 1 is 1.09 bits per heavy atom. The van der Waals surface area contributed by atoms with Gasteiger partial charge in [0.05, 0.1) is 23.7 Å². The number of pyridine rings is 1. The molecule has 8 heteroatoms. The van der Waals surface area contributed by atoms with Crippen LogP contribution in [0, 0.1) is 0 Å². The molecule has 33 heavy (non-hydrogen) atoms. The van der Waals surface area contributed by atoms with Crippen LogP contribution in [0.15, 0.2) is 54.9 Å². The second kappa shape index (κ2) is 9.95. The van der Waals surface area contributed by atoms with Gasteiger partial charge >= 0.3 is 0 Å². The Kier molecular flexibility index (Phi) is 6.84. The molecule has 4 rings (SSSR count). The van der Waals surface area contributed by atoms with Gasteiger partial charge in [0.15, 0.2) is 0 Å². The Labute approximate surface area is 195 Å². The first-order valence-corrected chi connectivity index (χ1v) is 12.0. The van der Waals surface area contributed by atoms with Crippen molar-refractivity contribution in [2.24, 2.45) is 5.73 Å². The van der Waals surface area contributed by atoms with Gasteiger partial charge in [-0.25, -0.2) is 0 Å². The first kappa shape index (κ1) is 22.7. The highest BCUT2D eigenvalue weighted by Crippen LogP contribution is 2.34. The Balaban J connectivity index is 1.61. The van der Waals surface area contributed by atoms with Crippen molar-refractivity contribution in [3.63, 3.8) is 0 Å². The largest absolute Gasteiger partial charge is 0.496 e. The maximum atomic E-state index is 12.6. The highest BCUT2D eigenvalue weighted by Gasteiger charge is 2.15. The fourth-order valence-electron chi connectivity index (χ4n) is 3.77. The van der Waals surface area contributed by atoms with E-state index in [1.807, 2.05) is 24.3 Å². The van der Waals surface area contributed by atoms with Gasteiger partial charge in [0.25, 0.3) is 5.91 Å². The molecule has 0 unspecified atom stereocenters. The number of ether oxygens (including phenoxy) is 2. The van der Waals surface area contributed by atoms with Gasteiger partial charge in [0.2, 0.25) is 5.91 Å². The number of nitrogens with zero attached hydrogens (tertiary/aromatic N) is 2. The van der Waals surface area contributed by atoms with Crippen LogP contribution in [0.25, 0.3) is 21.8 Å². The van der Waals surface area contributed by atoms with Gasteiger partial charge in [-0.15, -0.1) is 0 Å². The van der Waals surface area contributed by atoms with Crippen molar-refractivity contribution in [1.82, 2.24) is 9.55 Å². The summed E-state index contributed by atoms with van der Waals surface area (Å²) in [5.74, 6) is 2.07. The Morgan fingerprint density at radius 2 is 1.94 bits per heavy atom. The smallest absolute Gasteiger partial charge is 0.252 e. The number of aromatic nitrogens is 2. The molecule has 0 radical (unpaired) electrons. The first-order valence-electron chi connectivity index (χ1n) is 10.6. The van der Waals surface area contributed by atoms with Crippen molar-refractivity contribution in [2.45, 2.75) is 19.3 Å². The molecule has 0 spiro atoms. The number of carbonyl (C=O) groups excluding carboxylic acids is 2. The summed E-state index contributed by atoms with van der Waals surface area (Å²) in [6.07, 6.45) is 7.95. The third-order valence-corrected chi connectivity index (χ3v) is 6.13. The molecular weight excluding hydrogens is 438 g/mol. The third kappa shape index (κ3) is 4.80. The van der Waals surface area contributed by atoms with E-state index in [0.29, 0.717) is 34.6 Å². The molecule has 0 atom stereocenters. The highest BCUT2D eigenvalue weighted by molar-refractivity contribution is 7.98. The molecule has 0 aliphatic heterocycles. The zero-order chi connectivity index (χ0) is 23.4. The zero-order valence-corrected chi connectivity index (χ0v) is 19.4. The molecular formula is C25H25N3O4S. The molecule has 2 aromatic carbocycles. The van der Waals surface area contributed by atoms with Crippen LogP contribution in [0.3, 0.4) is 0 Å². The second-order valence-electron chi connectivity index (χ2n) is 7.60. The Bertz CT molecular complexity index is 1330. The minimum atomic E-state index is -0.593.